The minimum absolute atomic E-state index is 0.322. The molecule has 154 valence electrons. The largest absolute Gasteiger partial charge is 0.494 e. The number of benzene rings is 2. The van der Waals surface area contributed by atoms with Crippen LogP contribution in [-0.4, -0.2) is 50.5 Å². The van der Waals surface area contributed by atoms with E-state index in [9.17, 15) is 8.42 Å². The van der Waals surface area contributed by atoms with Crippen molar-refractivity contribution in [3.63, 3.8) is 0 Å². The summed E-state index contributed by atoms with van der Waals surface area (Å²) in [5.41, 5.74) is 2.24. The highest BCUT2D eigenvalue weighted by molar-refractivity contribution is 7.89. The molecule has 0 aliphatic carbocycles. The Hall–Kier alpha value is -2.51. The predicted octanol–water partition coefficient (Wildman–Crippen LogP) is 3.86. The fourth-order valence-corrected chi connectivity index (χ4v) is 5.04. The smallest absolute Gasteiger partial charge is 0.243 e. The number of aromatic amines is 1. The summed E-state index contributed by atoms with van der Waals surface area (Å²) in [6.45, 7) is 5.06. The van der Waals surface area contributed by atoms with Gasteiger partial charge in [0.15, 0.2) is 0 Å². The topological polar surface area (TPSA) is 65.6 Å². The summed E-state index contributed by atoms with van der Waals surface area (Å²) in [5, 5.41) is 1.17. The van der Waals surface area contributed by atoms with Crippen LogP contribution in [0, 0.1) is 0 Å². The number of hydrogen-bond acceptors (Lipinski definition) is 4. The van der Waals surface area contributed by atoms with Crippen molar-refractivity contribution in [2.24, 2.45) is 0 Å². The minimum atomic E-state index is -3.49. The number of rotatable bonds is 7. The zero-order chi connectivity index (χ0) is 20.3. The fraction of sp³-hybridized carbons (Fsp3) is 0.364. The molecule has 0 amide bonds. The number of nitrogens with one attached hydrogen (secondary N) is 1. The molecule has 0 bridgehead atoms. The first-order valence-corrected chi connectivity index (χ1v) is 11.6. The van der Waals surface area contributed by atoms with Crippen molar-refractivity contribution >= 4 is 26.6 Å². The molecule has 2 aromatic carbocycles. The molecule has 2 heterocycles. The molecule has 1 N–H and O–H groups in total. The summed E-state index contributed by atoms with van der Waals surface area (Å²) >= 11 is 0. The molecular formula is C22H27N3O3S. The predicted molar refractivity (Wildman–Crippen MR) is 116 cm³/mol. The van der Waals surface area contributed by atoms with Crippen LogP contribution in [0.2, 0.25) is 0 Å². The van der Waals surface area contributed by atoms with Gasteiger partial charge in [0.2, 0.25) is 10.0 Å². The lowest BCUT2D eigenvalue weighted by atomic mass is 10.2. The number of fused-ring (bicyclic) bond motifs is 1. The zero-order valence-electron chi connectivity index (χ0n) is 16.7. The van der Waals surface area contributed by atoms with Crippen LogP contribution in [0.3, 0.4) is 0 Å². The van der Waals surface area contributed by atoms with E-state index in [0.717, 1.165) is 24.0 Å². The van der Waals surface area contributed by atoms with Crippen LogP contribution in [0.4, 0.5) is 5.69 Å². The summed E-state index contributed by atoms with van der Waals surface area (Å²) < 4.78 is 33.2. The second-order valence-electron chi connectivity index (χ2n) is 7.31. The van der Waals surface area contributed by atoms with Crippen LogP contribution in [0.1, 0.15) is 19.8 Å². The van der Waals surface area contributed by atoms with E-state index in [1.807, 2.05) is 6.20 Å². The molecule has 1 aliphatic rings. The second kappa shape index (κ2) is 8.47. The molecule has 3 aromatic rings. The van der Waals surface area contributed by atoms with Crippen molar-refractivity contribution in [2.75, 3.05) is 37.7 Å². The Morgan fingerprint density at radius 3 is 2.48 bits per heavy atom. The zero-order valence-corrected chi connectivity index (χ0v) is 17.5. The molecule has 0 spiro atoms. The van der Waals surface area contributed by atoms with Crippen molar-refractivity contribution in [2.45, 2.75) is 24.7 Å². The van der Waals surface area contributed by atoms with Gasteiger partial charge in [-0.1, -0.05) is 13.3 Å². The van der Waals surface area contributed by atoms with Crippen LogP contribution < -0.4 is 9.64 Å². The highest BCUT2D eigenvalue weighted by Crippen LogP contribution is 2.25. The van der Waals surface area contributed by atoms with E-state index < -0.39 is 10.0 Å². The Balaban J connectivity index is 1.40. The monoisotopic (exact) mass is 413 g/mol. The molecule has 29 heavy (non-hydrogen) atoms. The normalized spacial score (nSPS) is 15.7. The van der Waals surface area contributed by atoms with Crippen LogP contribution in [0.15, 0.2) is 59.6 Å². The van der Waals surface area contributed by atoms with E-state index in [2.05, 4.69) is 41.1 Å². The van der Waals surface area contributed by atoms with Gasteiger partial charge in [0, 0.05) is 49.0 Å². The number of unbranched alkanes of at least 4 members (excludes halogenated alkanes) is 1. The minimum Gasteiger partial charge on any atom is -0.494 e. The molecule has 0 atom stereocenters. The third-order valence-corrected chi connectivity index (χ3v) is 7.28. The fourth-order valence-electron chi connectivity index (χ4n) is 3.62. The van der Waals surface area contributed by atoms with Gasteiger partial charge in [0.1, 0.15) is 5.75 Å². The summed E-state index contributed by atoms with van der Waals surface area (Å²) in [6, 6.07) is 15.1. The molecule has 0 radical (unpaired) electrons. The van der Waals surface area contributed by atoms with Gasteiger partial charge in [-0.05, 0) is 55.0 Å². The van der Waals surface area contributed by atoms with E-state index in [-0.39, 0.29) is 0 Å². The van der Waals surface area contributed by atoms with Crippen LogP contribution in [-0.2, 0) is 10.0 Å². The number of nitrogens with zero attached hydrogens (tertiary/aromatic N) is 2. The molecular weight excluding hydrogens is 386 g/mol. The van der Waals surface area contributed by atoms with Crippen LogP contribution >= 0.6 is 0 Å². The van der Waals surface area contributed by atoms with E-state index >= 15 is 0 Å². The highest BCUT2D eigenvalue weighted by Gasteiger charge is 2.28. The quantitative estimate of drug-likeness (QED) is 0.598. The summed E-state index contributed by atoms with van der Waals surface area (Å²) in [7, 11) is -3.49. The van der Waals surface area contributed by atoms with Gasteiger partial charge in [-0.3, -0.25) is 0 Å². The standard InChI is InChI=1S/C22H27N3O3S/c1-2-3-16-28-20-5-7-21(8-6-20)29(26,27)25-14-12-24(13-15-25)19-4-9-22-18(17-19)10-11-23-22/h4-11,17,23H,2-3,12-16H2,1H3. The van der Waals surface area contributed by atoms with Gasteiger partial charge in [-0.15, -0.1) is 0 Å². The van der Waals surface area contributed by atoms with Crippen molar-refractivity contribution in [3.05, 3.63) is 54.7 Å². The van der Waals surface area contributed by atoms with Crippen molar-refractivity contribution < 1.29 is 13.2 Å². The Morgan fingerprint density at radius 1 is 1.00 bits per heavy atom. The number of sulfonamides is 1. The maximum Gasteiger partial charge on any atom is 0.243 e. The average molecular weight is 414 g/mol. The third kappa shape index (κ3) is 4.26. The summed E-state index contributed by atoms with van der Waals surface area (Å²) in [5.74, 6) is 0.711. The SMILES string of the molecule is CCCCOc1ccc(S(=O)(=O)N2CCN(c3ccc4[nH]ccc4c3)CC2)cc1. The van der Waals surface area contributed by atoms with E-state index in [0.29, 0.717) is 43.4 Å². The Labute approximate surface area is 172 Å². The van der Waals surface area contributed by atoms with Crippen molar-refractivity contribution in [1.82, 2.24) is 9.29 Å². The maximum atomic E-state index is 13.0. The molecule has 1 saturated heterocycles. The van der Waals surface area contributed by atoms with Crippen LogP contribution in [0.25, 0.3) is 10.9 Å². The summed E-state index contributed by atoms with van der Waals surface area (Å²) in [4.78, 5) is 5.76. The van der Waals surface area contributed by atoms with Gasteiger partial charge in [-0.2, -0.15) is 4.31 Å². The number of ether oxygens (including phenoxy) is 1. The lowest BCUT2D eigenvalue weighted by molar-refractivity contribution is 0.309. The lowest BCUT2D eigenvalue weighted by Crippen LogP contribution is -2.48. The third-order valence-electron chi connectivity index (χ3n) is 5.37. The molecule has 6 nitrogen and oxygen atoms in total. The number of H-pyrrole nitrogens is 1. The molecule has 7 heteroatoms. The first kappa shape index (κ1) is 19.8. The molecule has 1 aliphatic heterocycles. The van der Waals surface area contributed by atoms with Gasteiger partial charge in [-0.25, -0.2) is 8.42 Å². The number of anilines is 1. The van der Waals surface area contributed by atoms with Gasteiger partial charge >= 0.3 is 0 Å². The average Bonchev–Trinajstić information content (AvgIpc) is 3.22. The first-order valence-electron chi connectivity index (χ1n) is 10.1. The van der Waals surface area contributed by atoms with Gasteiger partial charge in [0.25, 0.3) is 0 Å². The second-order valence-corrected chi connectivity index (χ2v) is 9.25. The Kier molecular flexibility index (Phi) is 5.78. The van der Waals surface area contributed by atoms with Gasteiger partial charge in [0.05, 0.1) is 11.5 Å². The van der Waals surface area contributed by atoms with E-state index in [1.54, 1.807) is 28.6 Å². The number of hydrogen-bond donors (Lipinski definition) is 1. The summed E-state index contributed by atoms with van der Waals surface area (Å²) in [6.07, 6.45) is 3.98. The molecule has 0 unspecified atom stereocenters. The first-order chi connectivity index (χ1) is 14.1. The lowest BCUT2D eigenvalue weighted by Gasteiger charge is -2.35. The van der Waals surface area contributed by atoms with Crippen molar-refractivity contribution in [3.8, 4) is 5.75 Å². The van der Waals surface area contributed by atoms with E-state index in [4.69, 9.17) is 4.74 Å². The van der Waals surface area contributed by atoms with Gasteiger partial charge < -0.3 is 14.6 Å². The number of piperazine rings is 1. The molecule has 4 rings (SSSR count). The molecule has 1 fully saturated rings. The molecule has 0 saturated carbocycles. The Morgan fingerprint density at radius 2 is 1.76 bits per heavy atom. The molecule has 1 aromatic heterocycles. The van der Waals surface area contributed by atoms with Crippen molar-refractivity contribution in [1.29, 1.82) is 0 Å². The number of aromatic nitrogens is 1. The van der Waals surface area contributed by atoms with E-state index in [1.165, 1.54) is 5.39 Å². The van der Waals surface area contributed by atoms with Crippen LogP contribution in [0.5, 0.6) is 5.75 Å². The maximum absolute atomic E-state index is 13.0. The Bertz CT molecular complexity index is 1050. The highest BCUT2D eigenvalue weighted by atomic mass is 32.2.